The number of pyridine rings is 1. The molecule has 1 aliphatic carbocycles. The third kappa shape index (κ3) is 2.89. The van der Waals surface area contributed by atoms with E-state index in [1.807, 2.05) is 43.1 Å². The van der Waals surface area contributed by atoms with Crippen molar-refractivity contribution in [2.24, 2.45) is 7.05 Å². The van der Waals surface area contributed by atoms with Crippen molar-refractivity contribution in [1.82, 2.24) is 19.4 Å². The quantitative estimate of drug-likeness (QED) is 0.791. The van der Waals surface area contributed by atoms with Crippen LogP contribution in [0.5, 0.6) is 0 Å². The normalized spacial score (nSPS) is 21.1. The Bertz CT molecular complexity index is 993. The van der Waals surface area contributed by atoms with Crippen molar-refractivity contribution in [2.75, 3.05) is 32.1 Å². The van der Waals surface area contributed by atoms with Gasteiger partial charge >= 0.3 is 0 Å². The molecule has 0 N–H and O–H groups in total. The van der Waals surface area contributed by atoms with E-state index in [-0.39, 0.29) is 22.4 Å². The number of aromatic nitrogens is 3. The van der Waals surface area contributed by atoms with Crippen LogP contribution in [0.4, 0.5) is 5.95 Å². The zero-order valence-electron chi connectivity index (χ0n) is 17.0. The van der Waals surface area contributed by atoms with Crippen molar-refractivity contribution in [3.63, 3.8) is 0 Å². The van der Waals surface area contributed by atoms with Crippen LogP contribution >= 0.6 is 0 Å². The van der Waals surface area contributed by atoms with Gasteiger partial charge in [0.15, 0.2) is 0 Å². The monoisotopic (exact) mass is 381 g/mol. The number of anilines is 1. The van der Waals surface area contributed by atoms with E-state index in [1.165, 1.54) is 10.1 Å². The third-order valence-electron chi connectivity index (χ3n) is 6.28. The number of fused-ring (bicyclic) bond motifs is 2. The zero-order valence-corrected chi connectivity index (χ0v) is 17.0. The van der Waals surface area contributed by atoms with Crippen LogP contribution in [0.25, 0.3) is 0 Å². The molecule has 2 aliphatic rings. The molecule has 0 bridgehead atoms. The van der Waals surface area contributed by atoms with Crippen LogP contribution in [-0.4, -0.2) is 52.5 Å². The Hall–Kier alpha value is -2.70. The third-order valence-corrected chi connectivity index (χ3v) is 6.28. The Morgan fingerprint density at radius 2 is 2.04 bits per heavy atom. The molecule has 3 heterocycles. The summed E-state index contributed by atoms with van der Waals surface area (Å²) in [4.78, 5) is 38.8. The standard InChI is InChI=1S/C21H27N5O2/c1-14-6-7-16(18(27)25(14)4)19(28)26-11-5-9-21(13-26)10-8-15-12-22-20(24(2)3)23-17(15)21/h6-7,12H,5,8-11,13H2,1-4H3. The molecule has 2 aromatic rings. The minimum absolute atomic E-state index is 0.132. The number of piperidine rings is 1. The predicted octanol–water partition coefficient (Wildman–Crippen LogP) is 1.67. The van der Waals surface area contributed by atoms with Gasteiger partial charge < -0.3 is 14.4 Å². The molecule has 7 nitrogen and oxygen atoms in total. The largest absolute Gasteiger partial charge is 0.347 e. The van der Waals surface area contributed by atoms with Crippen molar-refractivity contribution in [3.05, 3.63) is 51.2 Å². The molecule has 1 fully saturated rings. The number of likely N-dealkylation sites (tertiary alicyclic amines) is 1. The van der Waals surface area contributed by atoms with Crippen molar-refractivity contribution < 1.29 is 4.79 Å². The molecular formula is C21H27N5O2. The molecule has 0 radical (unpaired) electrons. The second kappa shape index (κ2) is 6.72. The van der Waals surface area contributed by atoms with Gasteiger partial charge in [0.2, 0.25) is 5.95 Å². The minimum atomic E-state index is -0.228. The summed E-state index contributed by atoms with van der Waals surface area (Å²) in [7, 11) is 5.58. The van der Waals surface area contributed by atoms with Gasteiger partial charge in [-0.1, -0.05) is 0 Å². The topological polar surface area (TPSA) is 71.3 Å². The molecule has 1 spiro atoms. The Kier molecular flexibility index (Phi) is 4.48. The summed E-state index contributed by atoms with van der Waals surface area (Å²) < 4.78 is 1.54. The lowest BCUT2D eigenvalue weighted by atomic mass is 9.77. The highest BCUT2D eigenvalue weighted by atomic mass is 16.2. The van der Waals surface area contributed by atoms with Crippen LogP contribution in [0.2, 0.25) is 0 Å². The molecule has 7 heteroatoms. The van der Waals surface area contributed by atoms with Crippen LogP contribution in [0.3, 0.4) is 0 Å². The van der Waals surface area contributed by atoms with Gasteiger partial charge in [-0.2, -0.15) is 0 Å². The fourth-order valence-corrected chi connectivity index (χ4v) is 4.51. The lowest BCUT2D eigenvalue weighted by Gasteiger charge is -2.40. The van der Waals surface area contributed by atoms with E-state index in [1.54, 1.807) is 13.1 Å². The predicted molar refractivity (Wildman–Crippen MR) is 108 cm³/mol. The van der Waals surface area contributed by atoms with Gasteiger partial charge in [-0.25, -0.2) is 9.97 Å². The summed E-state index contributed by atoms with van der Waals surface area (Å²) >= 11 is 0. The fraction of sp³-hybridized carbons (Fsp3) is 0.524. The highest BCUT2D eigenvalue weighted by molar-refractivity contribution is 5.94. The van der Waals surface area contributed by atoms with Crippen molar-refractivity contribution in [2.45, 2.75) is 38.0 Å². The summed E-state index contributed by atoms with van der Waals surface area (Å²) in [5.41, 5.74) is 3.00. The van der Waals surface area contributed by atoms with Gasteiger partial charge in [-0.3, -0.25) is 9.59 Å². The Morgan fingerprint density at radius 1 is 1.25 bits per heavy atom. The van der Waals surface area contributed by atoms with E-state index in [4.69, 9.17) is 4.98 Å². The van der Waals surface area contributed by atoms with Gasteiger partial charge in [-0.05, 0) is 50.3 Å². The maximum absolute atomic E-state index is 13.2. The Morgan fingerprint density at radius 3 is 2.79 bits per heavy atom. The van der Waals surface area contributed by atoms with Gasteiger partial charge in [0, 0.05) is 51.5 Å². The van der Waals surface area contributed by atoms with Gasteiger partial charge in [0.25, 0.3) is 11.5 Å². The second-order valence-corrected chi connectivity index (χ2v) is 8.30. The number of rotatable bonds is 2. The molecule has 2 aromatic heterocycles. The van der Waals surface area contributed by atoms with Crippen LogP contribution < -0.4 is 10.5 Å². The maximum Gasteiger partial charge on any atom is 0.263 e. The summed E-state index contributed by atoms with van der Waals surface area (Å²) in [6, 6.07) is 3.49. The average Bonchev–Trinajstić information content (AvgIpc) is 3.03. The molecule has 0 aromatic carbocycles. The van der Waals surface area contributed by atoms with Gasteiger partial charge in [0.05, 0.1) is 5.69 Å². The smallest absolute Gasteiger partial charge is 0.263 e. The molecule has 1 saturated heterocycles. The van der Waals surface area contributed by atoms with E-state index < -0.39 is 0 Å². The Balaban J connectivity index is 1.67. The highest BCUT2D eigenvalue weighted by Gasteiger charge is 2.45. The average molecular weight is 381 g/mol. The maximum atomic E-state index is 13.2. The summed E-state index contributed by atoms with van der Waals surface area (Å²) in [6.45, 7) is 3.15. The number of hydrogen-bond donors (Lipinski definition) is 0. The van der Waals surface area contributed by atoms with Crippen molar-refractivity contribution in [1.29, 1.82) is 0 Å². The van der Waals surface area contributed by atoms with Gasteiger partial charge in [0.1, 0.15) is 5.56 Å². The molecule has 1 amide bonds. The first-order valence-corrected chi connectivity index (χ1v) is 9.82. The molecule has 1 unspecified atom stereocenters. The van der Waals surface area contributed by atoms with E-state index >= 15 is 0 Å². The first-order chi connectivity index (χ1) is 13.3. The SMILES string of the molecule is Cc1ccc(C(=O)N2CCCC3(CCc4cnc(N(C)C)nc43)C2)c(=O)n1C. The highest BCUT2D eigenvalue weighted by Crippen LogP contribution is 2.44. The number of carbonyl (C=O) groups excluding carboxylic acids is 1. The summed E-state index contributed by atoms with van der Waals surface area (Å²) in [5.74, 6) is 0.533. The fourth-order valence-electron chi connectivity index (χ4n) is 4.51. The minimum Gasteiger partial charge on any atom is -0.347 e. The number of aryl methyl sites for hydroxylation is 2. The molecule has 28 heavy (non-hydrogen) atoms. The van der Waals surface area contributed by atoms with Gasteiger partial charge in [-0.15, -0.1) is 0 Å². The number of amides is 1. The summed E-state index contributed by atoms with van der Waals surface area (Å²) in [5, 5.41) is 0. The molecule has 1 atom stereocenters. The van der Waals surface area contributed by atoms with Crippen LogP contribution in [-0.2, 0) is 18.9 Å². The number of carbonyl (C=O) groups is 1. The van der Waals surface area contributed by atoms with E-state index in [2.05, 4.69) is 4.98 Å². The second-order valence-electron chi connectivity index (χ2n) is 8.30. The van der Waals surface area contributed by atoms with E-state index in [0.717, 1.165) is 37.1 Å². The first kappa shape index (κ1) is 18.7. The number of hydrogen-bond acceptors (Lipinski definition) is 5. The summed E-state index contributed by atoms with van der Waals surface area (Å²) in [6.07, 6.45) is 5.78. The van der Waals surface area contributed by atoms with Crippen molar-refractivity contribution >= 4 is 11.9 Å². The lowest BCUT2D eigenvalue weighted by Crippen LogP contribution is -2.49. The molecule has 148 valence electrons. The van der Waals surface area contributed by atoms with Crippen LogP contribution in [0, 0.1) is 6.92 Å². The molecule has 1 aliphatic heterocycles. The van der Waals surface area contributed by atoms with Crippen molar-refractivity contribution in [3.8, 4) is 0 Å². The van der Waals surface area contributed by atoms with E-state index in [0.29, 0.717) is 19.0 Å². The zero-order chi connectivity index (χ0) is 20.1. The molecular weight excluding hydrogens is 354 g/mol. The van der Waals surface area contributed by atoms with Crippen LogP contribution in [0.1, 0.15) is 46.6 Å². The lowest BCUT2D eigenvalue weighted by molar-refractivity contribution is 0.0631. The Labute approximate surface area is 165 Å². The van der Waals surface area contributed by atoms with Crippen LogP contribution in [0.15, 0.2) is 23.1 Å². The first-order valence-electron chi connectivity index (χ1n) is 9.82. The van der Waals surface area contributed by atoms with E-state index in [9.17, 15) is 9.59 Å². The molecule has 0 saturated carbocycles. The molecule has 4 rings (SSSR count). The number of nitrogens with zero attached hydrogens (tertiary/aromatic N) is 5.